The van der Waals surface area contributed by atoms with Gasteiger partial charge in [-0.05, 0) is 42.0 Å². The average molecular weight is 343 g/mol. The van der Waals surface area contributed by atoms with Crippen LogP contribution in [0.5, 0.6) is 5.75 Å². The van der Waals surface area contributed by atoms with Gasteiger partial charge in [0.25, 0.3) is 0 Å². The maximum atomic E-state index is 12.1. The van der Waals surface area contributed by atoms with Crippen LogP contribution in [-0.2, 0) is 11.2 Å². The fourth-order valence-corrected chi connectivity index (χ4v) is 3.20. The van der Waals surface area contributed by atoms with Crippen molar-refractivity contribution in [1.82, 2.24) is 4.98 Å². The van der Waals surface area contributed by atoms with Crippen LogP contribution >= 0.6 is 15.9 Å². The predicted molar refractivity (Wildman–Crippen MR) is 85.4 cm³/mol. The number of anilines is 1. The van der Waals surface area contributed by atoms with Gasteiger partial charge in [0.15, 0.2) is 0 Å². The van der Waals surface area contributed by atoms with E-state index in [2.05, 4.69) is 26.2 Å². The predicted octanol–water partition coefficient (Wildman–Crippen LogP) is 3.80. The van der Waals surface area contributed by atoms with Crippen LogP contribution in [0.4, 0.5) is 5.69 Å². The molecule has 0 bridgehead atoms. The van der Waals surface area contributed by atoms with Crippen LogP contribution in [-0.4, -0.2) is 16.0 Å². The molecule has 1 aromatic heterocycles. The van der Waals surface area contributed by atoms with E-state index in [-0.39, 0.29) is 11.7 Å². The van der Waals surface area contributed by atoms with Crippen molar-refractivity contribution in [3.05, 3.63) is 46.4 Å². The Bertz CT molecular complexity index is 899. The lowest BCUT2D eigenvalue weighted by atomic mass is 10.0. The second-order valence-corrected chi connectivity index (χ2v) is 6.04. The molecule has 3 aromatic rings. The van der Waals surface area contributed by atoms with Gasteiger partial charge in [-0.2, -0.15) is 0 Å². The van der Waals surface area contributed by atoms with Crippen molar-refractivity contribution in [3.8, 4) is 17.0 Å². The first-order valence-electron chi connectivity index (χ1n) is 6.55. The smallest absolute Gasteiger partial charge is 0.228 e. The molecule has 0 unspecified atom stereocenters. The van der Waals surface area contributed by atoms with Gasteiger partial charge in [-0.1, -0.05) is 15.9 Å². The number of rotatable bonds is 0. The van der Waals surface area contributed by atoms with Gasteiger partial charge in [-0.3, -0.25) is 4.79 Å². The Hall–Kier alpha value is -2.27. The summed E-state index contributed by atoms with van der Waals surface area (Å²) in [5, 5.41) is 13.7. The summed E-state index contributed by atoms with van der Waals surface area (Å²) in [5.41, 5.74) is 4.33. The van der Waals surface area contributed by atoms with Crippen LogP contribution in [0, 0.1) is 0 Å². The summed E-state index contributed by atoms with van der Waals surface area (Å²) in [7, 11) is 0. The van der Waals surface area contributed by atoms with Gasteiger partial charge in [0.05, 0.1) is 17.8 Å². The number of phenols is 1. The van der Waals surface area contributed by atoms with Crippen molar-refractivity contribution < 1.29 is 9.90 Å². The fraction of sp³-hybridized carbons (Fsp3) is 0.0625. The third-order valence-corrected chi connectivity index (χ3v) is 4.25. The molecule has 0 saturated carbocycles. The molecule has 1 amide bonds. The van der Waals surface area contributed by atoms with Gasteiger partial charge in [-0.25, -0.2) is 0 Å². The molecule has 0 saturated heterocycles. The lowest BCUT2D eigenvalue weighted by Gasteiger charge is -2.07. The number of carbonyl (C=O) groups excluding carboxylic acids is 1. The van der Waals surface area contributed by atoms with Crippen molar-refractivity contribution in [2.24, 2.45) is 0 Å². The van der Waals surface area contributed by atoms with E-state index in [1.165, 1.54) is 0 Å². The number of halogens is 1. The van der Waals surface area contributed by atoms with Crippen molar-refractivity contribution in [2.75, 3.05) is 5.32 Å². The number of nitrogens with one attached hydrogen (secondary N) is 2. The molecule has 1 aliphatic rings. The molecule has 2 aromatic carbocycles. The van der Waals surface area contributed by atoms with Crippen molar-refractivity contribution in [3.63, 3.8) is 0 Å². The minimum Gasteiger partial charge on any atom is -0.508 e. The Morgan fingerprint density at radius 3 is 2.86 bits per heavy atom. The second-order valence-electron chi connectivity index (χ2n) is 5.12. The second kappa shape index (κ2) is 4.36. The molecule has 4 nitrogen and oxygen atoms in total. The van der Waals surface area contributed by atoms with Crippen LogP contribution in [0.15, 0.2) is 40.9 Å². The Balaban J connectivity index is 2.10. The van der Waals surface area contributed by atoms with Crippen molar-refractivity contribution >= 4 is 38.4 Å². The average Bonchev–Trinajstić information content (AvgIpc) is 2.72. The first-order chi connectivity index (χ1) is 10.1. The lowest BCUT2D eigenvalue weighted by Crippen LogP contribution is -2.12. The summed E-state index contributed by atoms with van der Waals surface area (Å²) in [6.45, 7) is 0. The highest BCUT2D eigenvalue weighted by molar-refractivity contribution is 9.10. The largest absolute Gasteiger partial charge is 0.508 e. The number of hydrogen-bond acceptors (Lipinski definition) is 2. The zero-order chi connectivity index (χ0) is 14.6. The molecule has 0 spiro atoms. The molecule has 0 atom stereocenters. The third kappa shape index (κ3) is 1.93. The van der Waals surface area contributed by atoms with E-state index >= 15 is 0 Å². The van der Waals surface area contributed by atoms with Crippen molar-refractivity contribution in [1.29, 1.82) is 0 Å². The minimum atomic E-state index is -0.0541. The number of fused-ring (bicyclic) bond motifs is 5. The minimum absolute atomic E-state index is 0.0541. The topological polar surface area (TPSA) is 65.1 Å². The van der Waals surface area contributed by atoms with Gasteiger partial charge in [0.1, 0.15) is 5.75 Å². The number of hydrogen-bond donors (Lipinski definition) is 3. The molecule has 0 aliphatic carbocycles. The molecule has 2 heterocycles. The highest BCUT2D eigenvalue weighted by Crippen LogP contribution is 2.39. The summed E-state index contributed by atoms with van der Waals surface area (Å²) in [4.78, 5) is 15.5. The van der Waals surface area contributed by atoms with Crippen LogP contribution in [0.2, 0.25) is 0 Å². The molecular weight excluding hydrogens is 332 g/mol. The number of carbonyl (C=O) groups is 1. The van der Waals surface area contributed by atoms with Crippen LogP contribution in [0.3, 0.4) is 0 Å². The van der Waals surface area contributed by atoms with E-state index in [0.717, 1.165) is 32.2 Å². The normalized spacial score (nSPS) is 13.5. The van der Waals surface area contributed by atoms with E-state index in [4.69, 9.17) is 0 Å². The third-order valence-electron chi connectivity index (χ3n) is 3.75. The summed E-state index contributed by atoms with van der Waals surface area (Å²) < 4.78 is 0.970. The maximum absolute atomic E-state index is 12.1. The first-order valence-corrected chi connectivity index (χ1v) is 7.34. The van der Waals surface area contributed by atoms with Gasteiger partial charge in [0, 0.05) is 20.9 Å². The molecule has 0 fully saturated rings. The van der Waals surface area contributed by atoms with E-state index in [0.29, 0.717) is 12.1 Å². The number of aromatic amines is 1. The monoisotopic (exact) mass is 342 g/mol. The van der Waals surface area contributed by atoms with Crippen LogP contribution in [0.1, 0.15) is 5.56 Å². The number of phenolic OH excluding ortho intramolecular Hbond substituents is 1. The Morgan fingerprint density at radius 1 is 1.14 bits per heavy atom. The molecular formula is C16H11BrN2O2. The van der Waals surface area contributed by atoms with Gasteiger partial charge >= 0.3 is 0 Å². The van der Waals surface area contributed by atoms with Crippen LogP contribution in [0.25, 0.3) is 22.2 Å². The van der Waals surface area contributed by atoms with E-state index in [1.54, 1.807) is 18.2 Å². The number of benzene rings is 2. The van der Waals surface area contributed by atoms with Crippen molar-refractivity contribution in [2.45, 2.75) is 6.42 Å². The summed E-state index contributed by atoms with van der Waals surface area (Å²) in [5.74, 6) is 0.122. The number of aromatic hydroxyl groups is 1. The molecule has 4 rings (SSSR count). The molecule has 1 aliphatic heterocycles. The lowest BCUT2D eigenvalue weighted by molar-refractivity contribution is -0.115. The van der Waals surface area contributed by atoms with E-state index in [1.807, 2.05) is 18.2 Å². The molecule has 0 radical (unpaired) electrons. The highest BCUT2D eigenvalue weighted by atomic mass is 79.9. The molecule has 104 valence electrons. The van der Waals surface area contributed by atoms with Gasteiger partial charge in [-0.15, -0.1) is 0 Å². The Labute approximate surface area is 128 Å². The van der Waals surface area contributed by atoms with Gasteiger partial charge < -0.3 is 15.4 Å². The summed E-state index contributed by atoms with van der Waals surface area (Å²) in [6, 6.07) is 10.9. The highest BCUT2D eigenvalue weighted by Gasteiger charge is 2.23. The summed E-state index contributed by atoms with van der Waals surface area (Å²) in [6.07, 6.45) is 0.307. The van der Waals surface area contributed by atoms with E-state index < -0.39 is 0 Å². The molecule has 3 N–H and O–H groups in total. The fourth-order valence-electron chi connectivity index (χ4n) is 2.84. The Kier molecular flexibility index (Phi) is 2.59. The Morgan fingerprint density at radius 2 is 2.00 bits per heavy atom. The standard InChI is InChI=1S/C16H11BrN2O2/c17-8-1-3-13-10(5-8)11-7-15(21)18-14-4-2-9(20)6-12(14)16(11)19-13/h1-6,19-20H,7H2,(H,18,21). The maximum Gasteiger partial charge on any atom is 0.228 e. The molecule has 21 heavy (non-hydrogen) atoms. The first kappa shape index (κ1) is 12.5. The molecule has 5 heteroatoms. The summed E-state index contributed by atoms with van der Waals surface area (Å²) >= 11 is 3.47. The zero-order valence-corrected chi connectivity index (χ0v) is 12.5. The number of amides is 1. The zero-order valence-electron chi connectivity index (χ0n) is 10.9. The quantitative estimate of drug-likeness (QED) is 0.544. The number of H-pyrrole nitrogens is 1. The SMILES string of the molecule is O=C1Cc2c([nH]c3ccc(Br)cc23)-c2cc(O)ccc2N1. The van der Waals surface area contributed by atoms with E-state index in [9.17, 15) is 9.90 Å². The number of aromatic nitrogens is 1. The van der Waals surface area contributed by atoms with Crippen LogP contribution < -0.4 is 5.32 Å². The van der Waals surface area contributed by atoms with Gasteiger partial charge in [0.2, 0.25) is 5.91 Å².